The van der Waals surface area contributed by atoms with Gasteiger partial charge in [-0.25, -0.2) is 4.52 Å². The van der Waals surface area contributed by atoms with Crippen LogP contribution in [-0.4, -0.2) is 57.3 Å². The van der Waals surface area contributed by atoms with Gasteiger partial charge in [-0.05, 0) is 18.6 Å². The van der Waals surface area contributed by atoms with Gasteiger partial charge in [0.1, 0.15) is 12.1 Å². The van der Waals surface area contributed by atoms with Gasteiger partial charge in [-0.2, -0.15) is 18.3 Å². The molecule has 0 bridgehead atoms. The minimum Gasteiger partial charge on any atom is -0.348 e. The minimum atomic E-state index is -4.39. The number of hydrogen-bond acceptors (Lipinski definition) is 5. The molecule has 10 heteroatoms. The number of aromatic nitrogens is 2. The molecule has 1 amide bonds. The number of nitrogens with one attached hydrogen (secondary N) is 1. The van der Waals surface area contributed by atoms with Crippen LogP contribution in [0.15, 0.2) is 47.1 Å². The van der Waals surface area contributed by atoms with Crippen molar-refractivity contribution in [1.29, 1.82) is 0 Å². The van der Waals surface area contributed by atoms with Crippen LogP contribution >= 0.6 is 11.8 Å². The molecule has 2 atom stereocenters. The van der Waals surface area contributed by atoms with Gasteiger partial charge < -0.3 is 5.32 Å². The summed E-state index contributed by atoms with van der Waals surface area (Å²) in [6.45, 7) is 4.25. The zero-order chi connectivity index (χ0) is 19.9. The molecular weight excluding hydrogens is 391 g/mol. The summed E-state index contributed by atoms with van der Waals surface area (Å²) in [5.74, 6) is -0.611. The number of rotatable bonds is 5. The van der Waals surface area contributed by atoms with E-state index in [-0.39, 0.29) is 5.04 Å². The second kappa shape index (κ2) is 7.25. The topological polar surface area (TPSA) is 62.0 Å². The largest absolute Gasteiger partial charge is 0.405 e. The van der Waals surface area contributed by atoms with Gasteiger partial charge in [-0.15, -0.1) is 0 Å². The lowest BCUT2D eigenvalue weighted by molar-refractivity contribution is -0.191. The van der Waals surface area contributed by atoms with Crippen molar-refractivity contribution in [1.82, 2.24) is 19.8 Å². The molecule has 6 nitrogen and oxygen atoms in total. The number of alkyl halides is 3. The van der Waals surface area contributed by atoms with E-state index in [1.54, 1.807) is 16.9 Å². The zero-order valence-electron chi connectivity index (χ0n) is 14.8. The molecule has 28 heavy (non-hydrogen) atoms. The van der Waals surface area contributed by atoms with Gasteiger partial charge in [0.25, 0.3) is 5.91 Å². The fraction of sp³-hybridized carbons (Fsp3) is 0.389. The van der Waals surface area contributed by atoms with Gasteiger partial charge in [-0.3, -0.25) is 14.7 Å². The van der Waals surface area contributed by atoms with Crippen LogP contribution in [0.1, 0.15) is 18.0 Å². The number of carbonyl (C=O) groups excluding carboxylic acids is 1. The normalized spacial score (nSPS) is 21.5. The van der Waals surface area contributed by atoms with Crippen molar-refractivity contribution >= 4 is 28.2 Å². The Bertz CT molecular complexity index is 950. The smallest absolute Gasteiger partial charge is 0.348 e. The molecule has 1 saturated heterocycles. The molecule has 2 unspecified atom stereocenters. The van der Waals surface area contributed by atoms with Crippen molar-refractivity contribution < 1.29 is 18.0 Å². The summed E-state index contributed by atoms with van der Waals surface area (Å²) in [5, 5.41) is 6.77. The highest BCUT2D eigenvalue weighted by Gasteiger charge is 2.45. The van der Waals surface area contributed by atoms with E-state index in [1.807, 2.05) is 18.2 Å². The lowest BCUT2D eigenvalue weighted by Gasteiger charge is -2.39. The lowest BCUT2D eigenvalue weighted by atomic mass is 10.1. The Morgan fingerprint density at radius 3 is 2.86 bits per heavy atom. The number of nitrogens with zero attached hydrogens (tertiary/aromatic N) is 4. The number of amides is 1. The number of hydrogen-bond donors (Lipinski definition) is 1. The number of carbonyl (C=O) groups is 1. The maximum absolute atomic E-state index is 13.2. The number of thioether (sulfide) groups is 1. The number of pyridine rings is 1. The van der Waals surface area contributed by atoms with E-state index in [2.05, 4.69) is 22.0 Å². The van der Waals surface area contributed by atoms with E-state index in [0.29, 0.717) is 18.0 Å². The summed E-state index contributed by atoms with van der Waals surface area (Å²) in [7, 11) is 0. The monoisotopic (exact) mass is 409 g/mol. The summed E-state index contributed by atoms with van der Waals surface area (Å²) in [4.78, 5) is 18.8. The highest BCUT2D eigenvalue weighted by molar-refractivity contribution is 8.19. The van der Waals surface area contributed by atoms with Crippen LogP contribution in [0.25, 0.3) is 5.52 Å². The quantitative estimate of drug-likeness (QED) is 0.825. The number of fused-ring (bicyclic) bond motifs is 1. The Morgan fingerprint density at radius 1 is 1.39 bits per heavy atom. The maximum Gasteiger partial charge on any atom is 0.405 e. The third-order valence-corrected chi connectivity index (χ3v) is 5.86. The standard InChI is InChI=1S/C18H18F3N5OS/c1-11-15(12-9-23-26-8-3-2-5-13(12)26)24-17(28-11)16(27)22-10-14(18(19,20)21)25-6-4-7-25/h2-3,5,8-9,14-15H,1,4,6-7,10H2,(H,22,27). The highest BCUT2D eigenvalue weighted by Crippen LogP contribution is 2.41. The Labute approximate surface area is 163 Å². The van der Waals surface area contributed by atoms with Gasteiger partial charge in [-0.1, -0.05) is 24.4 Å². The van der Waals surface area contributed by atoms with Crippen LogP contribution in [0, 0.1) is 0 Å². The van der Waals surface area contributed by atoms with Crippen LogP contribution in [0.4, 0.5) is 13.2 Å². The van der Waals surface area contributed by atoms with Crippen LogP contribution in [0.3, 0.4) is 0 Å². The first-order valence-corrected chi connectivity index (χ1v) is 9.62. The Kier molecular flexibility index (Phi) is 4.92. The van der Waals surface area contributed by atoms with Crippen molar-refractivity contribution in [2.45, 2.75) is 24.7 Å². The molecule has 2 aromatic rings. The van der Waals surface area contributed by atoms with Gasteiger partial charge >= 0.3 is 6.18 Å². The molecule has 0 aromatic carbocycles. The summed E-state index contributed by atoms with van der Waals surface area (Å²) < 4.78 is 41.4. The van der Waals surface area contributed by atoms with E-state index in [9.17, 15) is 18.0 Å². The molecule has 1 N–H and O–H groups in total. The molecule has 2 aliphatic heterocycles. The lowest BCUT2D eigenvalue weighted by Crippen LogP contribution is -2.57. The predicted octanol–water partition coefficient (Wildman–Crippen LogP) is 2.79. The van der Waals surface area contributed by atoms with Crippen LogP contribution in [0.5, 0.6) is 0 Å². The van der Waals surface area contributed by atoms with Crippen molar-refractivity contribution in [3.8, 4) is 0 Å². The zero-order valence-corrected chi connectivity index (χ0v) is 15.6. The molecule has 0 spiro atoms. The van der Waals surface area contributed by atoms with Crippen molar-refractivity contribution in [3.05, 3.63) is 47.6 Å². The first-order chi connectivity index (χ1) is 13.3. The maximum atomic E-state index is 13.2. The van der Waals surface area contributed by atoms with E-state index >= 15 is 0 Å². The average molecular weight is 409 g/mol. The SMILES string of the molecule is C=C1SC(C(=O)NCC(N2CCC2)C(F)(F)F)=NC1c1cnn2ccccc12. The molecule has 2 aromatic heterocycles. The summed E-state index contributed by atoms with van der Waals surface area (Å²) in [5.41, 5.74) is 1.64. The van der Waals surface area contributed by atoms with Crippen molar-refractivity contribution in [2.24, 2.45) is 4.99 Å². The number of likely N-dealkylation sites (tertiary alicyclic amines) is 1. The second-order valence-corrected chi connectivity index (χ2v) is 7.81. The minimum absolute atomic E-state index is 0.120. The van der Waals surface area contributed by atoms with Crippen molar-refractivity contribution in [2.75, 3.05) is 19.6 Å². The third-order valence-electron chi connectivity index (χ3n) is 4.89. The van der Waals surface area contributed by atoms with Gasteiger partial charge in [0.2, 0.25) is 0 Å². The van der Waals surface area contributed by atoms with Crippen LogP contribution < -0.4 is 5.32 Å². The van der Waals surface area contributed by atoms with E-state index < -0.39 is 30.7 Å². The van der Waals surface area contributed by atoms with Crippen LogP contribution in [-0.2, 0) is 4.79 Å². The molecule has 2 aliphatic rings. The van der Waals surface area contributed by atoms with Gasteiger partial charge in [0, 0.05) is 36.3 Å². The van der Waals surface area contributed by atoms with Crippen molar-refractivity contribution in [3.63, 3.8) is 0 Å². The van der Waals surface area contributed by atoms with E-state index in [1.165, 1.54) is 4.90 Å². The van der Waals surface area contributed by atoms with E-state index in [4.69, 9.17) is 0 Å². The van der Waals surface area contributed by atoms with Crippen LogP contribution in [0.2, 0.25) is 0 Å². The van der Waals surface area contributed by atoms with E-state index in [0.717, 1.165) is 29.3 Å². The van der Waals surface area contributed by atoms with Gasteiger partial charge in [0.05, 0.1) is 11.7 Å². The molecule has 0 saturated carbocycles. The molecule has 0 aliphatic carbocycles. The fourth-order valence-electron chi connectivity index (χ4n) is 3.28. The van der Waals surface area contributed by atoms with Gasteiger partial charge in [0.15, 0.2) is 5.04 Å². The predicted molar refractivity (Wildman–Crippen MR) is 101 cm³/mol. The molecule has 4 rings (SSSR count). The molecule has 4 heterocycles. The average Bonchev–Trinajstić information content (AvgIpc) is 3.18. The number of aliphatic imine (C=N–C) groups is 1. The Hall–Kier alpha value is -2.33. The first-order valence-electron chi connectivity index (χ1n) is 8.80. The third kappa shape index (κ3) is 3.53. The molecule has 0 radical (unpaired) electrons. The molecule has 1 fully saturated rings. The summed E-state index contributed by atoms with van der Waals surface area (Å²) in [6.07, 6.45) is -0.181. The summed E-state index contributed by atoms with van der Waals surface area (Å²) in [6, 6.07) is 3.47. The molecule has 148 valence electrons. The Balaban J connectivity index is 1.47. The number of halogens is 3. The second-order valence-electron chi connectivity index (χ2n) is 6.69. The first kappa shape index (κ1) is 19.0. The highest BCUT2D eigenvalue weighted by atomic mass is 32.2. The fourth-order valence-corrected chi connectivity index (χ4v) is 4.14. The summed E-state index contributed by atoms with van der Waals surface area (Å²) >= 11 is 1.09. The molecular formula is C18H18F3N5OS. The Morgan fingerprint density at radius 2 is 2.18 bits per heavy atom.